The molecule has 0 fully saturated rings. The maximum Gasteiger partial charge on any atom is 0.160 e. The van der Waals surface area contributed by atoms with Gasteiger partial charge in [-0.05, 0) is 53.9 Å². The molecular formula is C22H20O3. The van der Waals surface area contributed by atoms with E-state index in [-0.39, 0.29) is 5.78 Å². The van der Waals surface area contributed by atoms with E-state index in [9.17, 15) is 4.79 Å². The first-order chi connectivity index (χ1) is 12.2. The lowest BCUT2D eigenvalue weighted by Crippen LogP contribution is -1.98. The van der Waals surface area contributed by atoms with Crippen molar-refractivity contribution >= 4 is 5.78 Å². The van der Waals surface area contributed by atoms with Crippen LogP contribution >= 0.6 is 0 Å². The summed E-state index contributed by atoms with van der Waals surface area (Å²) in [6.07, 6.45) is 0. The minimum Gasteiger partial charge on any atom is -0.497 e. The van der Waals surface area contributed by atoms with E-state index in [1.54, 1.807) is 20.1 Å². The number of benzene rings is 3. The van der Waals surface area contributed by atoms with Crippen LogP contribution in [0.2, 0.25) is 0 Å². The van der Waals surface area contributed by atoms with Crippen LogP contribution in [0.3, 0.4) is 0 Å². The van der Waals surface area contributed by atoms with Crippen LogP contribution in [0.15, 0.2) is 72.8 Å². The highest BCUT2D eigenvalue weighted by atomic mass is 16.5. The minimum absolute atomic E-state index is 0.0123. The number of carbonyl (C=O) groups is 1. The van der Waals surface area contributed by atoms with Gasteiger partial charge in [0.25, 0.3) is 0 Å². The molecule has 126 valence electrons. The van der Waals surface area contributed by atoms with E-state index in [1.165, 1.54) is 0 Å². The second-order valence-electron chi connectivity index (χ2n) is 5.77. The molecule has 3 aromatic carbocycles. The number of ether oxygens (including phenoxy) is 2. The Morgan fingerprint density at radius 1 is 0.880 bits per heavy atom. The third-order valence-corrected chi connectivity index (χ3v) is 4.02. The first kappa shape index (κ1) is 16.8. The van der Waals surface area contributed by atoms with Gasteiger partial charge >= 0.3 is 0 Å². The highest BCUT2D eigenvalue weighted by Gasteiger charge is 2.11. The fraction of sp³-hybridized carbons (Fsp3) is 0.136. The summed E-state index contributed by atoms with van der Waals surface area (Å²) >= 11 is 0. The van der Waals surface area contributed by atoms with Crippen LogP contribution in [-0.2, 0) is 6.61 Å². The molecule has 0 heterocycles. The first-order valence-electron chi connectivity index (χ1n) is 8.13. The number of methoxy groups -OCH3 is 1. The summed E-state index contributed by atoms with van der Waals surface area (Å²) in [7, 11) is 1.60. The molecule has 0 N–H and O–H groups in total. The van der Waals surface area contributed by atoms with Crippen molar-refractivity contribution in [2.45, 2.75) is 13.5 Å². The average molecular weight is 332 g/mol. The molecule has 0 aliphatic carbocycles. The maximum absolute atomic E-state index is 12.0. The van der Waals surface area contributed by atoms with Crippen LogP contribution in [0.1, 0.15) is 22.8 Å². The van der Waals surface area contributed by atoms with Crippen LogP contribution in [0.25, 0.3) is 11.1 Å². The third kappa shape index (κ3) is 4.07. The zero-order valence-corrected chi connectivity index (χ0v) is 14.4. The highest BCUT2D eigenvalue weighted by molar-refractivity contribution is 6.01. The monoisotopic (exact) mass is 332 g/mol. The molecule has 3 heteroatoms. The Morgan fingerprint density at radius 3 is 2.20 bits per heavy atom. The summed E-state index contributed by atoms with van der Waals surface area (Å²) in [5, 5.41) is 0. The molecular weight excluding hydrogens is 312 g/mol. The van der Waals surface area contributed by atoms with E-state index in [1.807, 2.05) is 66.7 Å². The lowest BCUT2D eigenvalue weighted by Gasteiger charge is -2.11. The van der Waals surface area contributed by atoms with Crippen molar-refractivity contribution in [3.8, 4) is 22.6 Å². The molecule has 0 radical (unpaired) electrons. The molecule has 0 spiro atoms. The molecule has 0 atom stereocenters. The second-order valence-corrected chi connectivity index (χ2v) is 5.77. The minimum atomic E-state index is 0.0123. The van der Waals surface area contributed by atoms with Crippen LogP contribution in [0.5, 0.6) is 11.5 Å². The standard InChI is InChI=1S/C22H20O3/c1-16(23)22-14-20(24-2)12-13-21(22)18-8-10-19(11-9-18)25-15-17-6-4-3-5-7-17/h3-14H,15H2,1-2H3. The molecule has 25 heavy (non-hydrogen) atoms. The first-order valence-corrected chi connectivity index (χ1v) is 8.13. The Hall–Kier alpha value is -3.07. The zero-order valence-electron chi connectivity index (χ0n) is 14.4. The van der Waals surface area contributed by atoms with Crippen molar-refractivity contribution in [1.82, 2.24) is 0 Å². The van der Waals surface area contributed by atoms with Crippen molar-refractivity contribution in [2.75, 3.05) is 7.11 Å². The number of ketones is 1. The molecule has 0 saturated heterocycles. The van der Waals surface area contributed by atoms with Crippen molar-refractivity contribution in [3.63, 3.8) is 0 Å². The average Bonchev–Trinajstić information content (AvgIpc) is 2.67. The fourth-order valence-corrected chi connectivity index (χ4v) is 2.66. The van der Waals surface area contributed by atoms with Crippen molar-refractivity contribution < 1.29 is 14.3 Å². The Kier molecular flexibility index (Phi) is 5.14. The topological polar surface area (TPSA) is 35.5 Å². The van der Waals surface area contributed by atoms with E-state index >= 15 is 0 Å². The smallest absolute Gasteiger partial charge is 0.160 e. The summed E-state index contributed by atoms with van der Waals surface area (Å²) in [5.41, 5.74) is 3.64. The molecule has 3 aromatic rings. The number of Topliss-reactive ketones (excluding diaryl/α,β-unsaturated/α-hetero) is 1. The van der Waals surface area contributed by atoms with E-state index < -0.39 is 0 Å². The second kappa shape index (κ2) is 7.67. The van der Waals surface area contributed by atoms with Crippen molar-refractivity contribution in [1.29, 1.82) is 0 Å². The van der Waals surface area contributed by atoms with Gasteiger partial charge < -0.3 is 9.47 Å². The zero-order chi connectivity index (χ0) is 17.6. The van der Waals surface area contributed by atoms with E-state index in [2.05, 4.69) is 0 Å². The largest absolute Gasteiger partial charge is 0.497 e. The van der Waals surface area contributed by atoms with Crippen molar-refractivity contribution in [2.24, 2.45) is 0 Å². The van der Waals surface area contributed by atoms with Crippen LogP contribution in [0, 0.1) is 0 Å². The van der Waals surface area contributed by atoms with E-state index in [0.717, 1.165) is 22.4 Å². The Morgan fingerprint density at radius 2 is 1.56 bits per heavy atom. The molecule has 0 amide bonds. The molecule has 0 saturated carbocycles. The highest BCUT2D eigenvalue weighted by Crippen LogP contribution is 2.29. The summed E-state index contributed by atoms with van der Waals surface area (Å²) in [4.78, 5) is 12.0. The van der Waals surface area contributed by atoms with Crippen molar-refractivity contribution in [3.05, 3.63) is 83.9 Å². The Labute approximate surface area is 147 Å². The summed E-state index contributed by atoms with van der Waals surface area (Å²) in [5.74, 6) is 1.49. The molecule has 3 nitrogen and oxygen atoms in total. The van der Waals surface area contributed by atoms with Gasteiger partial charge in [-0.25, -0.2) is 0 Å². The fourth-order valence-electron chi connectivity index (χ4n) is 2.66. The van der Waals surface area contributed by atoms with Crippen LogP contribution < -0.4 is 9.47 Å². The molecule has 0 aromatic heterocycles. The number of carbonyl (C=O) groups excluding carboxylic acids is 1. The van der Waals surface area contributed by atoms with Gasteiger partial charge in [0.1, 0.15) is 18.1 Å². The van der Waals surface area contributed by atoms with E-state index in [0.29, 0.717) is 17.9 Å². The number of rotatable bonds is 6. The Bertz CT molecular complexity index is 852. The third-order valence-electron chi connectivity index (χ3n) is 4.02. The Balaban J connectivity index is 1.79. The van der Waals surface area contributed by atoms with Crippen LogP contribution in [0.4, 0.5) is 0 Å². The van der Waals surface area contributed by atoms with Gasteiger partial charge in [-0.15, -0.1) is 0 Å². The van der Waals surface area contributed by atoms with E-state index in [4.69, 9.17) is 9.47 Å². The lowest BCUT2D eigenvalue weighted by atomic mass is 9.97. The number of hydrogen-bond acceptors (Lipinski definition) is 3. The molecule has 0 aliphatic heterocycles. The lowest BCUT2D eigenvalue weighted by molar-refractivity contribution is 0.101. The summed E-state index contributed by atoms with van der Waals surface area (Å²) in [6, 6.07) is 23.4. The van der Waals surface area contributed by atoms with Gasteiger partial charge in [-0.2, -0.15) is 0 Å². The predicted molar refractivity (Wildman–Crippen MR) is 99.2 cm³/mol. The quantitative estimate of drug-likeness (QED) is 0.586. The van der Waals surface area contributed by atoms with Gasteiger partial charge in [0.05, 0.1) is 7.11 Å². The van der Waals surface area contributed by atoms with Gasteiger partial charge in [0, 0.05) is 5.56 Å². The van der Waals surface area contributed by atoms with Gasteiger partial charge in [-0.3, -0.25) is 4.79 Å². The summed E-state index contributed by atoms with van der Waals surface area (Å²) in [6.45, 7) is 2.09. The molecule has 0 unspecified atom stereocenters. The molecule has 3 rings (SSSR count). The van der Waals surface area contributed by atoms with Crippen LogP contribution in [-0.4, -0.2) is 12.9 Å². The van der Waals surface area contributed by atoms with Gasteiger partial charge in [0.2, 0.25) is 0 Å². The normalized spacial score (nSPS) is 10.3. The maximum atomic E-state index is 12.0. The molecule has 0 bridgehead atoms. The molecule has 0 aliphatic rings. The van der Waals surface area contributed by atoms with Gasteiger partial charge in [0.15, 0.2) is 5.78 Å². The SMILES string of the molecule is COc1ccc(-c2ccc(OCc3ccccc3)cc2)c(C(C)=O)c1. The van der Waals surface area contributed by atoms with Gasteiger partial charge in [-0.1, -0.05) is 42.5 Å². The summed E-state index contributed by atoms with van der Waals surface area (Å²) < 4.78 is 11.0. The number of hydrogen-bond donors (Lipinski definition) is 0. The predicted octanol–water partition coefficient (Wildman–Crippen LogP) is 5.14.